The fraction of sp³-hybridized carbons (Fsp3) is 0.111. The lowest BCUT2D eigenvalue weighted by Crippen LogP contribution is -2.02. The largest absolute Gasteiger partial charge is 0.325 e. The highest BCUT2D eigenvalue weighted by molar-refractivity contribution is 6.34. The summed E-state index contributed by atoms with van der Waals surface area (Å²) in [5.41, 5.74) is 6.30. The molecule has 0 saturated carbocycles. The molecular formula is C9H8ClN3. The quantitative estimate of drug-likeness (QED) is 0.751. The van der Waals surface area contributed by atoms with Crippen molar-refractivity contribution in [1.82, 2.24) is 10.2 Å². The van der Waals surface area contributed by atoms with Gasteiger partial charge in [0.25, 0.3) is 0 Å². The summed E-state index contributed by atoms with van der Waals surface area (Å²) in [5.74, 6) is 0. The maximum Gasteiger partial charge on any atom is 0.159 e. The Morgan fingerprint density at radius 2 is 1.85 bits per heavy atom. The number of nitrogens with zero attached hydrogens (tertiary/aromatic N) is 2. The third-order valence-corrected chi connectivity index (χ3v) is 2.19. The van der Waals surface area contributed by atoms with Gasteiger partial charge in [-0.1, -0.05) is 35.9 Å². The summed E-state index contributed by atoms with van der Waals surface area (Å²) < 4.78 is 0. The van der Waals surface area contributed by atoms with Crippen LogP contribution in [0.1, 0.15) is 5.69 Å². The first-order chi connectivity index (χ1) is 6.33. The lowest BCUT2D eigenvalue weighted by Gasteiger charge is -2.02. The van der Waals surface area contributed by atoms with Gasteiger partial charge in [0.05, 0.1) is 5.69 Å². The van der Waals surface area contributed by atoms with Crippen molar-refractivity contribution in [2.45, 2.75) is 6.54 Å². The highest BCUT2D eigenvalue weighted by Gasteiger charge is 2.04. The molecule has 1 heterocycles. The molecule has 2 rings (SSSR count). The van der Waals surface area contributed by atoms with E-state index in [9.17, 15) is 0 Å². The van der Waals surface area contributed by atoms with E-state index in [0.717, 1.165) is 16.5 Å². The Labute approximate surface area is 80.5 Å². The summed E-state index contributed by atoms with van der Waals surface area (Å²) in [6, 6.07) is 7.69. The van der Waals surface area contributed by atoms with E-state index in [1.807, 2.05) is 24.3 Å². The van der Waals surface area contributed by atoms with Crippen LogP contribution in [0, 0.1) is 0 Å². The molecule has 0 radical (unpaired) electrons. The van der Waals surface area contributed by atoms with Crippen LogP contribution in [-0.2, 0) is 6.54 Å². The molecule has 0 spiro atoms. The van der Waals surface area contributed by atoms with Crippen molar-refractivity contribution in [2.75, 3.05) is 0 Å². The van der Waals surface area contributed by atoms with Crippen LogP contribution >= 0.6 is 11.6 Å². The van der Waals surface area contributed by atoms with Crippen molar-refractivity contribution < 1.29 is 0 Å². The fourth-order valence-corrected chi connectivity index (χ4v) is 1.48. The normalized spacial score (nSPS) is 10.6. The van der Waals surface area contributed by atoms with Gasteiger partial charge in [-0.2, -0.15) is 5.10 Å². The molecule has 0 saturated heterocycles. The molecule has 0 aliphatic heterocycles. The Morgan fingerprint density at radius 1 is 1.15 bits per heavy atom. The van der Waals surface area contributed by atoms with Crippen LogP contribution in [0.4, 0.5) is 0 Å². The zero-order valence-corrected chi connectivity index (χ0v) is 7.62. The van der Waals surface area contributed by atoms with E-state index in [1.165, 1.54) is 0 Å². The van der Waals surface area contributed by atoms with Crippen LogP contribution in [-0.4, -0.2) is 10.2 Å². The van der Waals surface area contributed by atoms with Gasteiger partial charge in [-0.3, -0.25) is 0 Å². The lowest BCUT2D eigenvalue weighted by molar-refractivity contribution is 0.918. The summed E-state index contributed by atoms with van der Waals surface area (Å²) in [4.78, 5) is 0. The highest BCUT2D eigenvalue weighted by atomic mass is 35.5. The molecule has 0 aliphatic carbocycles. The average Bonchev–Trinajstić information content (AvgIpc) is 2.19. The van der Waals surface area contributed by atoms with Gasteiger partial charge in [0, 0.05) is 17.3 Å². The number of nitrogens with two attached hydrogens (primary N) is 1. The molecule has 0 bridgehead atoms. The molecule has 0 aliphatic rings. The predicted molar refractivity (Wildman–Crippen MR) is 52.4 cm³/mol. The van der Waals surface area contributed by atoms with E-state index < -0.39 is 0 Å². The van der Waals surface area contributed by atoms with Crippen molar-refractivity contribution in [3.63, 3.8) is 0 Å². The summed E-state index contributed by atoms with van der Waals surface area (Å²) in [6.45, 7) is 0.380. The summed E-state index contributed by atoms with van der Waals surface area (Å²) >= 11 is 5.87. The van der Waals surface area contributed by atoms with Crippen molar-refractivity contribution in [3.8, 4) is 0 Å². The Bertz CT molecular complexity index is 442. The second kappa shape index (κ2) is 3.28. The molecule has 1 aromatic heterocycles. The fourth-order valence-electron chi connectivity index (χ4n) is 1.28. The Balaban J connectivity index is 2.84. The molecule has 2 aromatic rings. The second-order valence-corrected chi connectivity index (χ2v) is 3.05. The Kier molecular flexibility index (Phi) is 2.12. The summed E-state index contributed by atoms with van der Waals surface area (Å²) in [6.07, 6.45) is 0. The van der Waals surface area contributed by atoms with Gasteiger partial charge in [0.1, 0.15) is 0 Å². The molecule has 2 N–H and O–H groups in total. The summed E-state index contributed by atoms with van der Waals surface area (Å²) in [7, 11) is 0. The molecule has 13 heavy (non-hydrogen) atoms. The van der Waals surface area contributed by atoms with Crippen LogP contribution < -0.4 is 5.73 Å². The van der Waals surface area contributed by atoms with Crippen molar-refractivity contribution in [2.24, 2.45) is 5.73 Å². The van der Waals surface area contributed by atoms with Gasteiger partial charge in [-0.15, -0.1) is 5.10 Å². The van der Waals surface area contributed by atoms with Gasteiger partial charge in [0.2, 0.25) is 0 Å². The van der Waals surface area contributed by atoms with E-state index >= 15 is 0 Å². The van der Waals surface area contributed by atoms with E-state index in [0.29, 0.717) is 11.7 Å². The lowest BCUT2D eigenvalue weighted by atomic mass is 10.1. The molecule has 0 fully saturated rings. The average molecular weight is 194 g/mol. The minimum absolute atomic E-state index is 0.380. The minimum atomic E-state index is 0.380. The molecule has 3 nitrogen and oxygen atoms in total. The van der Waals surface area contributed by atoms with Gasteiger partial charge < -0.3 is 5.73 Å². The zero-order valence-electron chi connectivity index (χ0n) is 6.87. The maximum absolute atomic E-state index is 5.87. The SMILES string of the molecule is NCc1nnc(Cl)c2ccccc12. The van der Waals surface area contributed by atoms with Gasteiger partial charge in [-0.05, 0) is 0 Å². The topological polar surface area (TPSA) is 51.8 Å². The molecule has 1 aromatic carbocycles. The first-order valence-corrected chi connectivity index (χ1v) is 4.30. The number of benzene rings is 1. The standard InChI is InChI=1S/C9H8ClN3/c10-9-7-4-2-1-3-6(7)8(5-11)12-13-9/h1-4H,5,11H2. The van der Waals surface area contributed by atoms with Crippen LogP contribution in [0.25, 0.3) is 10.8 Å². The second-order valence-electron chi connectivity index (χ2n) is 2.69. The zero-order chi connectivity index (χ0) is 9.26. The maximum atomic E-state index is 5.87. The van der Waals surface area contributed by atoms with E-state index in [2.05, 4.69) is 10.2 Å². The van der Waals surface area contributed by atoms with Gasteiger partial charge in [0.15, 0.2) is 5.15 Å². The van der Waals surface area contributed by atoms with E-state index in [1.54, 1.807) is 0 Å². The number of aromatic nitrogens is 2. The third kappa shape index (κ3) is 1.36. The van der Waals surface area contributed by atoms with Crippen molar-refractivity contribution >= 4 is 22.4 Å². The van der Waals surface area contributed by atoms with Gasteiger partial charge >= 0.3 is 0 Å². The third-order valence-electron chi connectivity index (χ3n) is 1.91. The van der Waals surface area contributed by atoms with E-state index in [-0.39, 0.29) is 0 Å². The number of rotatable bonds is 1. The molecular weight excluding hydrogens is 186 g/mol. The highest BCUT2D eigenvalue weighted by Crippen LogP contribution is 2.21. The molecule has 0 atom stereocenters. The van der Waals surface area contributed by atoms with E-state index in [4.69, 9.17) is 17.3 Å². The molecule has 0 unspecified atom stereocenters. The number of hydrogen-bond donors (Lipinski definition) is 1. The van der Waals surface area contributed by atoms with Crippen LogP contribution in [0.3, 0.4) is 0 Å². The van der Waals surface area contributed by atoms with Crippen LogP contribution in [0.5, 0.6) is 0 Å². The van der Waals surface area contributed by atoms with Crippen LogP contribution in [0.2, 0.25) is 5.15 Å². The molecule has 4 heteroatoms. The first kappa shape index (κ1) is 8.41. The monoisotopic (exact) mass is 193 g/mol. The number of halogens is 1. The number of hydrogen-bond acceptors (Lipinski definition) is 3. The first-order valence-electron chi connectivity index (χ1n) is 3.93. The predicted octanol–water partition coefficient (Wildman–Crippen LogP) is 1.74. The number of fused-ring (bicyclic) bond motifs is 1. The van der Waals surface area contributed by atoms with Crippen LogP contribution in [0.15, 0.2) is 24.3 Å². The molecule has 66 valence electrons. The van der Waals surface area contributed by atoms with Crippen molar-refractivity contribution in [1.29, 1.82) is 0 Å². The Hall–Kier alpha value is -1.19. The van der Waals surface area contributed by atoms with Gasteiger partial charge in [-0.25, -0.2) is 0 Å². The Morgan fingerprint density at radius 3 is 2.54 bits per heavy atom. The summed E-state index contributed by atoms with van der Waals surface area (Å²) in [5, 5.41) is 10.0. The smallest absolute Gasteiger partial charge is 0.159 e. The van der Waals surface area contributed by atoms with Crippen molar-refractivity contribution in [3.05, 3.63) is 35.1 Å². The minimum Gasteiger partial charge on any atom is -0.325 e. The molecule has 0 amide bonds.